The van der Waals surface area contributed by atoms with E-state index in [-0.39, 0.29) is 24.4 Å². The SMILES string of the molecule is Cc1nccn1CC(=O)N(c1cccc(Br)c1)C(C(=O)NC1CCCCC1)c1ccccc1. The van der Waals surface area contributed by atoms with Gasteiger partial charge in [-0.05, 0) is 43.5 Å². The van der Waals surface area contributed by atoms with Crippen molar-refractivity contribution >= 4 is 33.4 Å². The summed E-state index contributed by atoms with van der Waals surface area (Å²) in [7, 11) is 0. The van der Waals surface area contributed by atoms with Crippen LogP contribution in [0.15, 0.2) is 71.5 Å². The second-order valence-corrected chi connectivity index (χ2v) is 9.42. The lowest BCUT2D eigenvalue weighted by Gasteiger charge is -2.33. The molecule has 1 atom stereocenters. The summed E-state index contributed by atoms with van der Waals surface area (Å²) in [4.78, 5) is 33.4. The number of anilines is 1. The minimum atomic E-state index is -0.779. The first-order valence-electron chi connectivity index (χ1n) is 11.4. The van der Waals surface area contributed by atoms with Gasteiger partial charge >= 0.3 is 0 Å². The Morgan fingerprint density at radius 1 is 1.12 bits per heavy atom. The molecule has 1 N–H and O–H groups in total. The monoisotopic (exact) mass is 508 g/mol. The van der Waals surface area contributed by atoms with Gasteiger partial charge in [-0.25, -0.2) is 4.98 Å². The van der Waals surface area contributed by atoms with E-state index in [1.165, 1.54) is 6.42 Å². The number of rotatable bonds is 7. The second-order valence-electron chi connectivity index (χ2n) is 8.50. The Morgan fingerprint density at radius 3 is 2.55 bits per heavy atom. The van der Waals surface area contributed by atoms with Gasteiger partial charge in [-0.1, -0.05) is 71.6 Å². The Balaban J connectivity index is 1.74. The molecule has 3 aromatic rings. The van der Waals surface area contributed by atoms with E-state index in [0.717, 1.165) is 41.5 Å². The third-order valence-corrected chi connectivity index (χ3v) is 6.65. The number of carbonyl (C=O) groups is 2. The summed E-state index contributed by atoms with van der Waals surface area (Å²) < 4.78 is 2.64. The molecular formula is C26H29BrN4O2. The molecule has 7 heteroatoms. The van der Waals surface area contributed by atoms with E-state index in [9.17, 15) is 9.59 Å². The van der Waals surface area contributed by atoms with Crippen molar-refractivity contribution < 1.29 is 9.59 Å². The molecule has 1 aromatic heterocycles. The van der Waals surface area contributed by atoms with E-state index in [1.807, 2.05) is 61.5 Å². The van der Waals surface area contributed by atoms with Gasteiger partial charge in [0, 0.05) is 28.6 Å². The number of imidazole rings is 1. The van der Waals surface area contributed by atoms with Gasteiger partial charge in [0.1, 0.15) is 18.4 Å². The predicted molar refractivity (Wildman–Crippen MR) is 133 cm³/mol. The number of benzene rings is 2. The number of hydrogen-bond acceptors (Lipinski definition) is 3. The molecule has 1 unspecified atom stereocenters. The van der Waals surface area contributed by atoms with Gasteiger partial charge < -0.3 is 9.88 Å². The molecular weight excluding hydrogens is 480 g/mol. The third kappa shape index (κ3) is 5.71. The molecule has 1 fully saturated rings. The number of carbonyl (C=O) groups excluding carboxylic acids is 2. The van der Waals surface area contributed by atoms with Crippen LogP contribution in [0.25, 0.3) is 0 Å². The zero-order valence-electron chi connectivity index (χ0n) is 18.8. The standard InChI is InChI=1S/C26H29BrN4O2/c1-19-28-15-16-30(19)18-24(32)31(23-14-8-11-21(27)17-23)25(20-9-4-2-5-10-20)26(33)29-22-12-6-3-7-13-22/h2,4-5,8-11,14-17,22,25H,3,6-7,12-13,18H2,1H3,(H,29,33). The summed E-state index contributed by atoms with van der Waals surface area (Å²) in [6.07, 6.45) is 8.87. The number of amides is 2. The zero-order chi connectivity index (χ0) is 23.2. The molecule has 2 aromatic carbocycles. The molecule has 4 rings (SSSR count). The van der Waals surface area contributed by atoms with Crippen LogP contribution >= 0.6 is 15.9 Å². The molecule has 172 valence electrons. The van der Waals surface area contributed by atoms with E-state index in [4.69, 9.17) is 0 Å². The minimum absolute atomic E-state index is 0.0956. The highest BCUT2D eigenvalue weighted by molar-refractivity contribution is 9.10. The third-order valence-electron chi connectivity index (χ3n) is 6.16. The van der Waals surface area contributed by atoms with Crippen LogP contribution in [0.4, 0.5) is 5.69 Å². The number of hydrogen-bond donors (Lipinski definition) is 1. The smallest absolute Gasteiger partial charge is 0.248 e. The van der Waals surface area contributed by atoms with E-state index < -0.39 is 6.04 Å². The van der Waals surface area contributed by atoms with Crippen LogP contribution < -0.4 is 10.2 Å². The Bertz CT molecular complexity index is 1090. The fourth-order valence-electron chi connectivity index (χ4n) is 4.44. The van der Waals surface area contributed by atoms with Crippen molar-refractivity contribution in [2.75, 3.05) is 4.90 Å². The molecule has 1 aliphatic carbocycles. The van der Waals surface area contributed by atoms with Gasteiger partial charge in [-0.2, -0.15) is 0 Å². The van der Waals surface area contributed by atoms with Crippen LogP contribution in [0.5, 0.6) is 0 Å². The second kappa shape index (κ2) is 10.8. The van der Waals surface area contributed by atoms with Gasteiger partial charge in [0.2, 0.25) is 11.8 Å². The molecule has 0 bridgehead atoms. The highest BCUT2D eigenvalue weighted by Gasteiger charge is 2.34. The predicted octanol–water partition coefficient (Wildman–Crippen LogP) is 5.18. The zero-order valence-corrected chi connectivity index (χ0v) is 20.4. The Morgan fingerprint density at radius 2 is 1.88 bits per heavy atom. The fourth-order valence-corrected chi connectivity index (χ4v) is 4.82. The summed E-state index contributed by atoms with van der Waals surface area (Å²) in [5.41, 5.74) is 1.45. The van der Waals surface area contributed by atoms with Crippen LogP contribution in [0, 0.1) is 6.92 Å². The summed E-state index contributed by atoms with van der Waals surface area (Å²) in [5.74, 6) is 0.422. The quantitative estimate of drug-likeness (QED) is 0.478. The maximum atomic E-state index is 13.8. The highest BCUT2D eigenvalue weighted by Crippen LogP contribution is 2.31. The first-order valence-corrected chi connectivity index (χ1v) is 12.2. The van der Waals surface area contributed by atoms with E-state index in [0.29, 0.717) is 5.69 Å². The van der Waals surface area contributed by atoms with Crippen molar-refractivity contribution in [3.8, 4) is 0 Å². The maximum Gasteiger partial charge on any atom is 0.248 e. The molecule has 0 saturated heterocycles. The van der Waals surface area contributed by atoms with Gasteiger partial charge in [-0.3, -0.25) is 14.5 Å². The van der Waals surface area contributed by atoms with E-state index >= 15 is 0 Å². The molecule has 0 aliphatic heterocycles. The van der Waals surface area contributed by atoms with Crippen LogP contribution in [-0.4, -0.2) is 27.4 Å². The van der Waals surface area contributed by atoms with Gasteiger partial charge in [0.15, 0.2) is 0 Å². The van der Waals surface area contributed by atoms with Crippen molar-refractivity contribution in [2.45, 2.75) is 57.7 Å². The molecule has 33 heavy (non-hydrogen) atoms. The number of halogens is 1. The molecule has 0 spiro atoms. The van der Waals surface area contributed by atoms with Crippen LogP contribution in [0.1, 0.15) is 49.5 Å². The van der Waals surface area contributed by atoms with Crippen molar-refractivity contribution in [1.82, 2.24) is 14.9 Å². The Hall–Kier alpha value is -2.93. The highest BCUT2D eigenvalue weighted by atomic mass is 79.9. The average Bonchev–Trinajstić information content (AvgIpc) is 3.22. The number of aromatic nitrogens is 2. The first kappa shape index (κ1) is 23.2. The van der Waals surface area contributed by atoms with Crippen LogP contribution in [0.2, 0.25) is 0 Å². The van der Waals surface area contributed by atoms with Crippen molar-refractivity contribution in [3.63, 3.8) is 0 Å². The lowest BCUT2D eigenvalue weighted by molar-refractivity contribution is -0.127. The van der Waals surface area contributed by atoms with Crippen molar-refractivity contribution in [1.29, 1.82) is 0 Å². The van der Waals surface area contributed by atoms with E-state index in [2.05, 4.69) is 26.2 Å². The number of nitrogens with one attached hydrogen (secondary N) is 1. The summed E-state index contributed by atoms with van der Waals surface area (Å²) >= 11 is 3.52. The van der Waals surface area contributed by atoms with Crippen LogP contribution in [-0.2, 0) is 16.1 Å². The Kier molecular flexibility index (Phi) is 7.60. The molecule has 1 aliphatic rings. The van der Waals surface area contributed by atoms with Gasteiger partial charge in [0.25, 0.3) is 0 Å². The average molecular weight is 509 g/mol. The minimum Gasteiger partial charge on any atom is -0.351 e. The van der Waals surface area contributed by atoms with Crippen molar-refractivity contribution in [2.24, 2.45) is 0 Å². The molecule has 1 heterocycles. The summed E-state index contributed by atoms with van der Waals surface area (Å²) in [5, 5.41) is 3.24. The van der Waals surface area contributed by atoms with Crippen molar-refractivity contribution in [3.05, 3.63) is 82.9 Å². The van der Waals surface area contributed by atoms with Gasteiger partial charge in [-0.15, -0.1) is 0 Å². The Labute approximate surface area is 203 Å². The first-order chi connectivity index (χ1) is 16.0. The van der Waals surface area contributed by atoms with E-state index in [1.54, 1.807) is 21.9 Å². The lowest BCUT2D eigenvalue weighted by Crippen LogP contribution is -2.48. The topological polar surface area (TPSA) is 67.2 Å². The summed E-state index contributed by atoms with van der Waals surface area (Å²) in [6, 6.07) is 16.4. The molecule has 2 amide bonds. The molecule has 0 radical (unpaired) electrons. The lowest BCUT2D eigenvalue weighted by atomic mass is 9.94. The molecule has 6 nitrogen and oxygen atoms in total. The largest absolute Gasteiger partial charge is 0.351 e. The van der Waals surface area contributed by atoms with Gasteiger partial charge in [0.05, 0.1) is 0 Å². The normalized spacial score (nSPS) is 15.1. The maximum absolute atomic E-state index is 13.8. The number of nitrogens with zero attached hydrogens (tertiary/aromatic N) is 3. The summed E-state index contributed by atoms with van der Waals surface area (Å²) in [6.45, 7) is 1.96. The molecule has 1 saturated carbocycles. The fraction of sp³-hybridized carbons (Fsp3) is 0.346. The number of aryl methyl sites for hydroxylation is 1. The van der Waals surface area contributed by atoms with Crippen LogP contribution in [0.3, 0.4) is 0 Å².